The fraction of sp³-hybridized carbons (Fsp3) is 0.714. The van der Waals surface area contributed by atoms with Crippen molar-refractivity contribution in [2.75, 3.05) is 31.2 Å². The van der Waals surface area contributed by atoms with Gasteiger partial charge in [-0.3, -0.25) is 14.3 Å². The number of aromatic amines is 1. The second-order valence-corrected chi connectivity index (χ2v) is 6.18. The van der Waals surface area contributed by atoms with Gasteiger partial charge in [0.05, 0.1) is 0 Å². The summed E-state index contributed by atoms with van der Waals surface area (Å²) in [5, 5.41) is 3.12. The molecule has 4 N–H and O–H groups in total. The van der Waals surface area contributed by atoms with Gasteiger partial charge < -0.3 is 16.0 Å². The lowest BCUT2D eigenvalue weighted by Crippen LogP contribution is -2.37. The molecule has 0 radical (unpaired) electrons. The zero-order chi connectivity index (χ0) is 15.6. The monoisotopic (exact) mass is 295 g/mol. The third-order valence-electron chi connectivity index (χ3n) is 3.97. The highest BCUT2D eigenvalue weighted by Crippen LogP contribution is 2.17. The van der Waals surface area contributed by atoms with E-state index in [9.17, 15) is 9.59 Å². The molecule has 0 aliphatic carbocycles. The molecule has 7 nitrogen and oxygen atoms in total. The number of hydrogen-bond donors (Lipinski definition) is 3. The maximum Gasteiger partial charge on any atom is 0.330 e. The minimum atomic E-state index is -0.449. The van der Waals surface area contributed by atoms with Gasteiger partial charge in [0, 0.05) is 19.1 Å². The van der Waals surface area contributed by atoms with Crippen LogP contribution < -0.4 is 22.3 Å². The normalized spacial score (nSPS) is 19.3. The molecule has 1 atom stereocenters. The quantitative estimate of drug-likeness (QED) is 0.725. The lowest BCUT2D eigenvalue weighted by molar-refractivity contribution is 0.322. The van der Waals surface area contributed by atoms with Gasteiger partial charge in [-0.1, -0.05) is 13.8 Å². The number of nitrogen functional groups attached to an aromatic ring is 1. The van der Waals surface area contributed by atoms with Crippen LogP contribution in [0.3, 0.4) is 0 Å². The Morgan fingerprint density at radius 1 is 1.43 bits per heavy atom. The molecule has 7 heteroatoms. The van der Waals surface area contributed by atoms with Gasteiger partial charge in [0.15, 0.2) is 0 Å². The van der Waals surface area contributed by atoms with Gasteiger partial charge in [0.25, 0.3) is 5.56 Å². The molecule has 21 heavy (non-hydrogen) atoms. The van der Waals surface area contributed by atoms with Crippen molar-refractivity contribution in [1.82, 2.24) is 14.5 Å². The molecule has 1 unspecified atom stereocenters. The minimum absolute atomic E-state index is 0.220. The highest BCUT2D eigenvalue weighted by Gasteiger charge is 2.21. The van der Waals surface area contributed by atoms with Crippen molar-refractivity contribution in [3.8, 4) is 0 Å². The number of rotatable bonds is 5. The Morgan fingerprint density at radius 3 is 2.71 bits per heavy atom. The highest BCUT2D eigenvalue weighted by molar-refractivity contribution is 5.60. The summed E-state index contributed by atoms with van der Waals surface area (Å²) >= 11 is 0. The second-order valence-electron chi connectivity index (χ2n) is 6.18. The number of likely N-dealkylation sites (N-methyl/N-ethyl adjacent to an activating group) is 1. The molecule has 1 aromatic heterocycles. The summed E-state index contributed by atoms with van der Waals surface area (Å²) < 4.78 is 1.42. The second kappa shape index (κ2) is 6.34. The Labute approximate surface area is 124 Å². The Morgan fingerprint density at radius 2 is 2.14 bits per heavy atom. The van der Waals surface area contributed by atoms with E-state index in [1.54, 1.807) is 0 Å². The van der Waals surface area contributed by atoms with Crippen molar-refractivity contribution in [3.05, 3.63) is 20.8 Å². The summed E-state index contributed by atoms with van der Waals surface area (Å²) in [4.78, 5) is 28.4. The molecule has 0 aromatic carbocycles. The number of anilines is 2. The van der Waals surface area contributed by atoms with Gasteiger partial charge in [-0.05, 0) is 32.4 Å². The molecule has 1 fully saturated rings. The van der Waals surface area contributed by atoms with E-state index >= 15 is 0 Å². The van der Waals surface area contributed by atoms with E-state index in [2.05, 4.69) is 22.2 Å². The molecular weight excluding hydrogens is 270 g/mol. The molecule has 1 aliphatic rings. The van der Waals surface area contributed by atoms with Crippen molar-refractivity contribution >= 4 is 11.5 Å². The summed E-state index contributed by atoms with van der Waals surface area (Å²) in [5.74, 6) is 0.489. The number of aromatic nitrogens is 2. The molecule has 2 rings (SSSR count). The van der Waals surface area contributed by atoms with Crippen molar-refractivity contribution in [1.29, 1.82) is 0 Å². The zero-order valence-electron chi connectivity index (χ0n) is 13.0. The third-order valence-corrected chi connectivity index (χ3v) is 3.97. The number of nitrogens with two attached hydrogens (primary N) is 1. The first-order chi connectivity index (χ1) is 9.90. The van der Waals surface area contributed by atoms with E-state index in [0.29, 0.717) is 24.8 Å². The lowest BCUT2D eigenvalue weighted by Gasteiger charge is -2.21. The molecule has 118 valence electrons. The Hall–Kier alpha value is -1.76. The van der Waals surface area contributed by atoms with Gasteiger partial charge in [-0.25, -0.2) is 4.79 Å². The number of likely N-dealkylation sites (tertiary alicyclic amines) is 1. The average molecular weight is 295 g/mol. The van der Waals surface area contributed by atoms with E-state index in [1.165, 1.54) is 11.0 Å². The van der Waals surface area contributed by atoms with Crippen LogP contribution in [0, 0.1) is 5.92 Å². The first kappa shape index (κ1) is 15.6. The van der Waals surface area contributed by atoms with Gasteiger partial charge in [0.1, 0.15) is 11.5 Å². The Balaban J connectivity index is 2.22. The smallest absolute Gasteiger partial charge is 0.330 e. The van der Waals surface area contributed by atoms with E-state index in [4.69, 9.17) is 5.73 Å². The predicted octanol–water partition coefficient (Wildman–Crippen LogP) is 0.281. The summed E-state index contributed by atoms with van der Waals surface area (Å²) in [7, 11) is 2.08. The van der Waals surface area contributed by atoms with Crippen LogP contribution in [-0.2, 0) is 6.54 Å². The topological polar surface area (TPSA) is 96.2 Å². The fourth-order valence-corrected chi connectivity index (χ4v) is 2.76. The van der Waals surface area contributed by atoms with Crippen LogP contribution in [0.15, 0.2) is 9.59 Å². The Kier molecular flexibility index (Phi) is 4.72. The SMILES string of the molecule is CC(C)Cn1c(N)c(NCC2CCCN2C)c(=O)[nH]c1=O. The number of H-pyrrole nitrogens is 1. The minimum Gasteiger partial charge on any atom is -0.383 e. The summed E-state index contributed by atoms with van der Waals surface area (Å²) in [6, 6.07) is 0.397. The van der Waals surface area contributed by atoms with Gasteiger partial charge in [-0.15, -0.1) is 0 Å². The van der Waals surface area contributed by atoms with Gasteiger partial charge >= 0.3 is 5.69 Å². The third kappa shape index (κ3) is 3.47. The van der Waals surface area contributed by atoms with Gasteiger partial charge in [0.2, 0.25) is 0 Å². The largest absolute Gasteiger partial charge is 0.383 e. The zero-order valence-corrected chi connectivity index (χ0v) is 13.0. The average Bonchev–Trinajstić information content (AvgIpc) is 2.80. The predicted molar refractivity (Wildman–Crippen MR) is 84.7 cm³/mol. The van der Waals surface area contributed by atoms with Crippen molar-refractivity contribution in [2.24, 2.45) is 5.92 Å². The molecule has 0 saturated carbocycles. The molecule has 1 aromatic rings. The number of nitrogens with zero attached hydrogens (tertiary/aromatic N) is 2. The van der Waals surface area contributed by atoms with Crippen LogP contribution in [0.5, 0.6) is 0 Å². The fourth-order valence-electron chi connectivity index (χ4n) is 2.76. The van der Waals surface area contributed by atoms with E-state index < -0.39 is 11.2 Å². The maximum absolute atomic E-state index is 12.0. The first-order valence-corrected chi connectivity index (χ1v) is 7.47. The number of hydrogen-bond acceptors (Lipinski definition) is 5. The van der Waals surface area contributed by atoms with Gasteiger partial charge in [-0.2, -0.15) is 0 Å². The van der Waals surface area contributed by atoms with Crippen molar-refractivity contribution in [2.45, 2.75) is 39.3 Å². The Bertz CT molecular complexity index is 604. The summed E-state index contributed by atoms with van der Waals surface area (Å²) in [6.45, 7) is 6.21. The summed E-state index contributed by atoms with van der Waals surface area (Å²) in [6.07, 6.45) is 2.27. The molecule has 0 bridgehead atoms. The molecule has 1 saturated heterocycles. The summed E-state index contributed by atoms with van der Waals surface area (Å²) in [5.41, 5.74) is 5.43. The van der Waals surface area contributed by atoms with Crippen LogP contribution in [0.2, 0.25) is 0 Å². The van der Waals surface area contributed by atoms with E-state index in [1.807, 2.05) is 13.8 Å². The van der Waals surface area contributed by atoms with Crippen molar-refractivity contribution < 1.29 is 0 Å². The van der Waals surface area contributed by atoms with Crippen LogP contribution >= 0.6 is 0 Å². The van der Waals surface area contributed by atoms with Crippen LogP contribution in [0.4, 0.5) is 11.5 Å². The first-order valence-electron chi connectivity index (χ1n) is 7.47. The van der Waals surface area contributed by atoms with Crippen molar-refractivity contribution in [3.63, 3.8) is 0 Å². The van der Waals surface area contributed by atoms with E-state index in [-0.39, 0.29) is 11.7 Å². The standard InChI is InChI=1S/C14H25N5O2/c1-9(2)8-19-12(15)11(13(20)17-14(19)21)16-7-10-5-4-6-18(10)3/h9-10,16H,4-8,15H2,1-3H3,(H,17,20,21). The van der Waals surface area contributed by atoms with Crippen LogP contribution in [-0.4, -0.2) is 40.6 Å². The van der Waals surface area contributed by atoms with Crippen LogP contribution in [0.25, 0.3) is 0 Å². The van der Waals surface area contributed by atoms with Crippen LogP contribution in [0.1, 0.15) is 26.7 Å². The maximum atomic E-state index is 12.0. The molecule has 2 heterocycles. The number of nitrogens with one attached hydrogen (secondary N) is 2. The molecular formula is C14H25N5O2. The van der Waals surface area contributed by atoms with E-state index in [0.717, 1.165) is 13.0 Å². The molecule has 0 spiro atoms. The molecule has 1 aliphatic heterocycles. The lowest BCUT2D eigenvalue weighted by atomic mass is 10.2. The molecule has 0 amide bonds. The highest BCUT2D eigenvalue weighted by atomic mass is 16.2.